The van der Waals surface area contributed by atoms with E-state index in [1.165, 1.54) is 6.07 Å². The second-order valence-corrected chi connectivity index (χ2v) is 6.50. The molecule has 106 valence electrons. The zero-order chi connectivity index (χ0) is 14.9. The average Bonchev–Trinajstić information content (AvgIpc) is 2.30. The number of aromatic nitrogens is 2. The van der Waals surface area contributed by atoms with E-state index in [4.69, 9.17) is 11.6 Å². The molecular formula is C13H14ClN3O2S. The molecule has 0 bridgehead atoms. The summed E-state index contributed by atoms with van der Waals surface area (Å²) >= 11 is 5.95. The van der Waals surface area contributed by atoms with Gasteiger partial charge in [0.2, 0.25) is 5.95 Å². The van der Waals surface area contributed by atoms with Crippen LogP contribution in [-0.4, -0.2) is 18.4 Å². The van der Waals surface area contributed by atoms with Crippen molar-refractivity contribution in [2.45, 2.75) is 25.7 Å². The fourth-order valence-electron chi connectivity index (χ4n) is 1.83. The molecular weight excluding hydrogens is 298 g/mol. The van der Waals surface area contributed by atoms with Crippen LogP contribution < -0.4 is 4.72 Å². The lowest BCUT2D eigenvalue weighted by Gasteiger charge is -2.10. The Bertz CT molecular complexity index is 740. The molecule has 1 aromatic heterocycles. The summed E-state index contributed by atoms with van der Waals surface area (Å²) in [5, 5.41) is 0.397. The van der Waals surface area contributed by atoms with Crippen molar-refractivity contribution in [2.24, 2.45) is 0 Å². The van der Waals surface area contributed by atoms with Gasteiger partial charge in [0.1, 0.15) is 0 Å². The smallest absolute Gasteiger partial charge is 0.247 e. The van der Waals surface area contributed by atoms with Crippen molar-refractivity contribution in [2.75, 3.05) is 4.72 Å². The van der Waals surface area contributed by atoms with Gasteiger partial charge < -0.3 is 0 Å². The van der Waals surface area contributed by atoms with E-state index in [1.54, 1.807) is 39.0 Å². The van der Waals surface area contributed by atoms with E-state index in [-0.39, 0.29) is 10.8 Å². The van der Waals surface area contributed by atoms with Crippen LogP contribution in [0, 0.1) is 20.8 Å². The summed E-state index contributed by atoms with van der Waals surface area (Å²) in [5.41, 5.74) is 1.88. The Balaban J connectivity index is 2.43. The van der Waals surface area contributed by atoms with Crippen LogP contribution in [0.15, 0.2) is 29.2 Å². The van der Waals surface area contributed by atoms with Crippen molar-refractivity contribution < 1.29 is 8.42 Å². The van der Waals surface area contributed by atoms with E-state index in [0.29, 0.717) is 22.0 Å². The molecule has 0 atom stereocenters. The summed E-state index contributed by atoms with van der Waals surface area (Å²) in [6, 6.07) is 6.49. The molecule has 0 radical (unpaired) electrons. The fraction of sp³-hybridized carbons (Fsp3) is 0.231. The first-order valence-corrected chi connectivity index (χ1v) is 7.76. The standard InChI is InChI=1S/C13H14ClN3O2S/c1-8-7-9(2)16-13(15-8)17-20(18,19)12-6-4-5-11(14)10(12)3/h4-7H,1-3H3,(H,15,16,17). The van der Waals surface area contributed by atoms with Gasteiger partial charge in [0, 0.05) is 16.4 Å². The Labute approximate surface area is 123 Å². The Morgan fingerprint density at radius 3 is 2.30 bits per heavy atom. The van der Waals surface area contributed by atoms with Crippen LogP contribution in [0.3, 0.4) is 0 Å². The molecule has 7 heteroatoms. The molecule has 2 rings (SSSR count). The normalized spacial score (nSPS) is 11.4. The maximum absolute atomic E-state index is 12.3. The topological polar surface area (TPSA) is 72.0 Å². The third kappa shape index (κ3) is 3.08. The number of halogens is 1. The van der Waals surface area contributed by atoms with E-state index in [0.717, 1.165) is 0 Å². The van der Waals surface area contributed by atoms with Gasteiger partial charge in [-0.15, -0.1) is 0 Å². The van der Waals surface area contributed by atoms with E-state index < -0.39 is 10.0 Å². The van der Waals surface area contributed by atoms with Crippen molar-refractivity contribution in [3.63, 3.8) is 0 Å². The highest BCUT2D eigenvalue weighted by atomic mass is 35.5. The van der Waals surface area contributed by atoms with Crippen LogP contribution >= 0.6 is 11.6 Å². The first kappa shape index (κ1) is 14.7. The quantitative estimate of drug-likeness (QED) is 0.946. The minimum atomic E-state index is -3.76. The molecule has 0 fully saturated rings. The highest BCUT2D eigenvalue weighted by Crippen LogP contribution is 2.24. The van der Waals surface area contributed by atoms with Gasteiger partial charge in [0.05, 0.1) is 4.90 Å². The largest absolute Gasteiger partial charge is 0.264 e. The minimum absolute atomic E-state index is 0.0573. The summed E-state index contributed by atoms with van der Waals surface area (Å²) in [5.74, 6) is 0.0573. The maximum Gasteiger partial charge on any atom is 0.264 e. The zero-order valence-corrected chi connectivity index (χ0v) is 12.9. The summed E-state index contributed by atoms with van der Waals surface area (Å²) < 4.78 is 27.1. The second-order valence-electron chi connectivity index (χ2n) is 4.44. The Hall–Kier alpha value is -1.66. The molecule has 0 amide bonds. The third-order valence-electron chi connectivity index (χ3n) is 2.72. The van der Waals surface area contributed by atoms with E-state index in [1.807, 2.05) is 0 Å². The summed E-state index contributed by atoms with van der Waals surface area (Å²) in [7, 11) is -3.76. The van der Waals surface area contributed by atoms with Crippen molar-refractivity contribution in [1.82, 2.24) is 9.97 Å². The van der Waals surface area contributed by atoms with Crippen molar-refractivity contribution in [3.8, 4) is 0 Å². The SMILES string of the molecule is Cc1cc(C)nc(NS(=O)(=O)c2cccc(Cl)c2C)n1. The number of rotatable bonds is 3. The van der Waals surface area contributed by atoms with Crippen LogP contribution in [-0.2, 0) is 10.0 Å². The molecule has 1 aromatic carbocycles. The molecule has 1 N–H and O–H groups in total. The molecule has 0 aliphatic carbocycles. The van der Waals surface area contributed by atoms with Crippen molar-refractivity contribution >= 4 is 27.6 Å². The number of nitrogens with one attached hydrogen (secondary N) is 1. The van der Waals surface area contributed by atoms with Crippen molar-refractivity contribution in [1.29, 1.82) is 0 Å². The Kier molecular flexibility index (Phi) is 3.96. The highest BCUT2D eigenvalue weighted by Gasteiger charge is 2.19. The number of hydrogen-bond acceptors (Lipinski definition) is 4. The number of hydrogen-bond donors (Lipinski definition) is 1. The van der Waals surface area contributed by atoms with Gasteiger partial charge in [-0.3, -0.25) is 0 Å². The number of benzene rings is 1. The van der Waals surface area contributed by atoms with Crippen LogP contribution in [0.2, 0.25) is 5.02 Å². The predicted molar refractivity (Wildman–Crippen MR) is 78.5 cm³/mol. The van der Waals surface area contributed by atoms with E-state index in [2.05, 4.69) is 14.7 Å². The average molecular weight is 312 g/mol. The second kappa shape index (κ2) is 5.38. The summed E-state index contributed by atoms with van der Waals surface area (Å²) in [4.78, 5) is 8.24. The fourth-order valence-corrected chi connectivity index (χ4v) is 3.27. The lowest BCUT2D eigenvalue weighted by atomic mass is 10.2. The van der Waals surface area contributed by atoms with Gasteiger partial charge in [-0.05, 0) is 44.5 Å². The van der Waals surface area contributed by atoms with Gasteiger partial charge in [-0.1, -0.05) is 17.7 Å². The monoisotopic (exact) mass is 311 g/mol. The molecule has 0 aliphatic rings. The minimum Gasteiger partial charge on any atom is -0.247 e. The third-order valence-corrected chi connectivity index (χ3v) is 4.60. The highest BCUT2D eigenvalue weighted by molar-refractivity contribution is 7.92. The molecule has 0 unspecified atom stereocenters. The molecule has 0 saturated carbocycles. The van der Waals surface area contributed by atoms with Crippen LogP contribution in [0.4, 0.5) is 5.95 Å². The van der Waals surface area contributed by atoms with E-state index in [9.17, 15) is 8.42 Å². The number of nitrogens with zero attached hydrogens (tertiary/aromatic N) is 2. The van der Waals surface area contributed by atoms with Gasteiger partial charge >= 0.3 is 0 Å². The Morgan fingerprint density at radius 1 is 1.10 bits per heavy atom. The Morgan fingerprint density at radius 2 is 1.70 bits per heavy atom. The summed E-state index contributed by atoms with van der Waals surface area (Å²) in [6.07, 6.45) is 0. The molecule has 2 aromatic rings. The molecule has 1 heterocycles. The van der Waals surface area contributed by atoms with Crippen LogP contribution in [0.1, 0.15) is 17.0 Å². The van der Waals surface area contributed by atoms with Gasteiger partial charge in [0.25, 0.3) is 10.0 Å². The molecule has 0 saturated heterocycles. The summed E-state index contributed by atoms with van der Waals surface area (Å²) in [6.45, 7) is 5.20. The maximum atomic E-state index is 12.3. The lowest BCUT2D eigenvalue weighted by molar-refractivity contribution is 0.600. The first-order chi connectivity index (χ1) is 9.29. The first-order valence-electron chi connectivity index (χ1n) is 5.90. The molecule has 20 heavy (non-hydrogen) atoms. The number of aryl methyl sites for hydroxylation is 2. The molecule has 0 spiro atoms. The van der Waals surface area contributed by atoms with Crippen LogP contribution in [0.25, 0.3) is 0 Å². The zero-order valence-electron chi connectivity index (χ0n) is 11.3. The molecule has 0 aliphatic heterocycles. The van der Waals surface area contributed by atoms with Crippen LogP contribution in [0.5, 0.6) is 0 Å². The molecule has 5 nitrogen and oxygen atoms in total. The number of sulfonamides is 1. The van der Waals surface area contributed by atoms with Gasteiger partial charge in [0.15, 0.2) is 0 Å². The predicted octanol–water partition coefficient (Wildman–Crippen LogP) is 2.86. The van der Waals surface area contributed by atoms with E-state index >= 15 is 0 Å². The number of anilines is 1. The van der Waals surface area contributed by atoms with Crippen molar-refractivity contribution in [3.05, 3.63) is 46.2 Å². The lowest BCUT2D eigenvalue weighted by Crippen LogP contribution is -2.16. The van der Waals surface area contributed by atoms with Gasteiger partial charge in [-0.2, -0.15) is 0 Å². The van der Waals surface area contributed by atoms with Gasteiger partial charge in [-0.25, -0.2) is 23.1 Å².